The van der Waals surface area contributed by atoms with Gasteiger partial charge in [-0.3, -0.25) is 0 Å². The van der Waals surface area contributed by atoms with Crippen molar-refractivity contribution < 1.29 is 23.4 Å². The van der Waals surface area contributed by atoms with Gasteiger partial charge in [-0.15, -0.1) is 11.3 Å². The van der Waals surface area contributed by atoms with Crippen molar-refractivity contribution >= 4 is 39.0 Å². The van der Waals surface area contributed by atoms with Crippen molar-refractivity contribution in [2.75, 3.05) is 6.61 Å². The van der Waals surface area contributed by atoms with E-state index in [0.717, 1.165) is 17.4 Å². The molecule has 24 heavy (non-hydrogen) atoms. The van der Waals surface area contributed by atoms with E-state index in [2.05, 4.69) is 0 Å². The molecule has 0 saturated heterocycles. The molecular weight excluding hydrogens is 358 g/mol. The highest BCUT2D eigenvalue weighted by molar-refractivity contribution is 7.21. The number of hydrogen-bond donors (Lipinski definition) is 1. The Kier molecular flexibility index (Phi) is 4.43. The minimum atomic E-state index is -1.19. The van der Waals surface area contributed by atoms with Crippen molar-refractivity contribution in [3.63, 3.8) is 0 Å². The topological polar surface area (TPSA) is 46.5 Å². The van der Waals surface area contributed by atoms with E-state index in [1.165, 1.54) is 6.07 Å². The summed E-state index contributed by atoms with van der Waals surface area (Å²) >= 11 is 6.93. The summed E-state index contributed by atoms with van der Waals surface area (Å²) in [7, 11) is 0. The Bertz CT molecular complexity index is 953. The van der Waals surface area contributed by atoms with Crippen LogP contribution in [0.3, 0.4) is 0 Å². The van der Waals surface area contributed by atoms with E-state index >= 15 is 0 Å². The molecule has 1 aromatic heterocycles. The number of carboxylic acids is 1. The highest BCUT2D eigenvalue weighted by Crippen LogP contribution is 2.42. The summed E-state index contributed by atoms with van der Waals surface area (Å²) in [5.41, 5.74) is 0.170. The Balaban J connectivity index is 2.35. The molecule has 0 fully saturated rings. The van der Waals surface area contributed by atoms with Gasteiger partial charge < -0.3 is 9.84 Å². The zero-order valence-electron chi connectivity index (χ0n) is 12.4. The summed E-state index contributed by atoms with van der Waals surface area (Å²) in [6.07, 6.45) is 0. The molecule has 1 heterocycles. The predicted molar refractivity (Wildman–Crippen MR) is 90.3 cm³/mol. The average Bonchev–Trinajstić information content (AvgIpc) is 2.90. The first-order valence-electron chi connectivity index (χ1n) is 7.00. The highest BCUT2D eigenvalue weighted by Gasteiger charge is 2.24. The lowest BCUT2D eigenvalue weighted by atomic mass is 10.0. The maximum atomic E-state index is 14.8. The minimum absolute atomic E-state index is 0.0224. The summed E-state index contributed by atoms with van der Waals surface area (Å²) in [4.78, 5) is 11.5. The zero-order chi connectivity index (χ0) is 17.4. The first-order valence-corrected chi connectivity index (χ1v) is 8.20. The van der Waals surface area contributed by atoms with Gasteiger partial charge in [0, 0.05) is 26.2 Å². The van der Waals surface area contributed by atoms with Crippen molar-refractivity contribution in [1.82, 2.24) is 0 Å². The Morgan fingerprint density at radius 3 is 2.71 bits per heavy atom. The quantitative estimate of drug-likeness (QED) is 0.652. The first-order chi connectivity index (χ1) is 11.4. The van der Waals surface area contributed by atoms with Crippen LogP contribution < -0.4 is 4.74 Å². The third-order valence-corrected chi connectivity index (χ3v) is 4.83. The van der Waals surface area contributed by atoms with E-state index in [1.54, 1.807) is 25.1 Å². The number of ether oxygens (including phenoxy) is 1. The fourth-order valence-corrected chi connectivity index (χ4v) is 3.82. The molecule has 3 rings (SSSR count). The molecule has 0 amide bonds. The minimum Gasteiger partial charge on any atom is -0.488 e. The van der Waals surface area contributed by atoms with Gasteiger partial charge in [0.2, 0.25) is 0 Å². The normalized spacial score (nSPS) is 11.0. The van der Waals surface area contributed by atoms with Crippen molar-refractivity contribution in [2.24, 2.45) is 0 Å². The number of hydrogen-bond acceptors (Lipinski definition) is 3. The smallest absolute Gasteiger partial charge is 0.346 e. The standard InChI is InChI=1S/C17H11ClF2O3S/c1-2-23-15-11(19)6-5-10(14(15)20)13-9-4-3-8(18)7-12(9)24-16(13)17(21)22/h3-7H,2H2,1H3,(H,21,22). The van der Waals surface area contributed by atoms with Gasteiger partial charge in [-0.2, -0.15) is 0 Å². The number of aromatic carboxylic acids is 1. The third-order valence-electron chi connectivity index (χ3n) is 3.45. The van der Waals surface area contributed by atoms with E-state index in [0.29, 0.717) is 15.1 Å². The van der Waals surface area contributed by atoms with Crippen LogP contribution in [0.2, 0.25) is 5.02 Å². The lowest BCUT2D eigenvalue weighted by molar-refractivity contribution is 0.0703. The Morgan fingerprint density at radius 2 is 2.04 bits per heavy atom. The van der Waals surface area contributed by atoms with Crippen LogP contribution in [0.5, 0.6) is 5.75 Å². The second kappa shape index (κ2) is 6.37. The van der Waals surface area contributed by atoms with E-state index in [9.17, 15) is 18.7 Å². The third kappa shape index (κ3) is 2.72. The molecule has 0 aliphatic heterocycles. The largest absolute Gasteiger partial charge is 0.488 e. The summed E-state index contributed by atoms with van der Waals surface area (Å²) in [5.74, 6) is -3.46. The molecule has 1 N–H and O–H groups in total. The van der Waals surface area contributed by atoms with E-state index < -0.39 is 23.4 Å². The highest BCUT2D eigenvalue weighted by atomic mass is 35.5. The monoisotopic (exact) mass is 368 g/mol. The van der Waals surface area contributed by atoms with Crippen LogP contribution in [-0.2, 0) is 0 Å². The van der Waals surface area contributed by atoms with Gasteiger partial charge in [0.1, 0.15) is 4.88 Å². The van der Waals surface area contributed by atoms with Crippen molar-refractivity contribution in [2.45, 2.75) is 6.92 Å². The summed E-state index contributed by atoms with van der Waals surface area (Å²) in [6, 6.07) is 7.11. The van der Waals surface area contributed by atoms with Crippen LogP contribution in [-0.4, -0.2) is 17.7 Å². The molecule has 0 spiro atoms. The van der Waals surface area contributed by atoms with Crippen molar-refractivity contribution in [3.05, 3.63) is 51.9 Å². The fourth-order valence-electron chi connectivity index (χ4n) is 2.49. The predicted octanol–water partition coefficient (Wildman–Crippen LogP) is 5.60. The Morgan fingerprint density at radius 1 is 1.29 bits per heavy atom. The molecule has 124 valence electrons. The maximum absolute atomic E-state index is 14.8. The number of halogens is 3. The van der Waals surface area contributed by atoms with Gasteiger partial charge in [0.05, 0.1) is 6.61 Å². The Hall–Kier alpha value is -2.18. The van der Waals surface area contributed by atoms with Gasteiger partial charge in [0.25, 0.3) is 0 Å². The second-order valence-corrected chi connectivity index (χ2v) is 6.41. The molecule has 3 nitrogen and oxygen atoms in total. The van der Waals surface area contributed by atoms with Gasteiger partial charge in [0.15, 0.2) is 17.4 Å². The number of thiophene rings is 1. The second-order valence-electron chi connectivity index (χ2n) is 4.92. The van der Waals surface area contributed by atoms with Gasteiger partial charge in [-0.1, -0.05) is 17.7 Å². The van der Waals surface area contributed by atoms with Crippen LogP contribution in [0.25, 0.3) is 21.2 Å². The SMILES string of the molecule is CCOc1c(F)ccc(-c2c(C(=O)O)sc3cc(Cl)ccc23)c1F. The maximum Gasteiger partial charge on any atom is 0.346 e. The van der Waals surface area contributed by atoms with Gasteiger partial charge >= 0.3 is 5.97 Å². The number of carboxylic acid groups (broad SMARTS) is 1. The molecule has 0 aliphatic carbocycles. The lowest BCUT2D eigenvalue weighted by Gasteiger charge is -2.10. The van der Waals surface area contributed by atoms with Crippen molar-refractivity contribution in [1.29, 1.82) is 0 Å². The molecule has 7 heteroatoms. The summed E-state index contributed by atoms with van der Waals surface area (Å²) in [6.45, 7) is 1.69. The molecular formula is C17H11ClF2O3S. The van der Waals surface area contributed by atoms with Crippen LogP contribution in [0.15, 0.2) is 30.3 Å². The Labute approximate surface area is 145 Å². The average molecular weight is 369 g/mol. The lowest BCUT2D eigenvalue weighted by Crippen LogP contribution is -2.01. The van der Waals surface area contributed by atoms with E-state index in [1.807, 2.05) is 0 Å². The number of fused-ring (bicyclic) bond motifs is 1. The molecule has 0 aliphatic rings. The number of rotatable bonds is 4. The number of carbonyl (C=O) groups is 1. The van der Waals surface area contributed by atoms with E-state index in [4.69, 9.17) is 16.3 Å². The molecule has 0 unspecified atom stereocenters. The molecule has 3 aromatic rings. The molecule has 0 saturated carbocycles. The first kappa shape index (κ1) is 16.7. The summed E-state index contributed by atoms with van der Waals surface area (Å²) in [5, 5.41) is 10.4. The molecule has 0 radical (unpaired) electrons. The van der Waals surface area contributed by atoms with Crippen molar-refractivity contribution in [3.8, 4) is 16.9 Å². The molecule has 0 bridgehead atoms. The summed E-state index contributed by atoms with van der Waals surface area (Å²) < 4.78 is 34.2. The van der Waals surface area contributed by atoms with Crippen LogP contribution >= 0.6 is 22.9 Å². The molecule has 0 atom stereocenters. The van der Waals surface area contributed by atoms with Gasteiger partial charge in [-0.05, 0) is 31.2 Å². The molecule has 2 aromatic carbocycles. The van der Waals surface area contributed by atoms with E-state index in [-0.39, 0.29) is 22.6 Å². The van der Waals surface area contributed by atoms with Gasteiger partial charge in [-0.25, -0.2) is 13.6 Å². The fraction of sp³-hybridized carbons (Fsp3) is 0.118. The van der Waals surface area contributed by atoms with Crippen LogP contribution in [0.4, 0.5) is 8.78 Å². The van der Waals surface area contributed by atoms with Crippen LogP contribution in [0.1, 0.15) is 16.6 Å². The zero-order valence-corrected chi connectivity index (χ0v) is 14.0. The van der Waals surface area contributed by atoms with Crippen LogP contribution in [0, 0.1) is 11.6 Å². The number of benzene rings is 2.